The van der Waals surface area contributed by atoms with E-state index in [-0.39, 0.29) is 11.1 Å². The molecule has 1 aliphatic heterocycles. The van der Waals surface area contributed by atoms with Crippen LogP contribution in [0.5, 0.6) is 0 Å². The molecular formula is C13H16O7. The minimum absolute atomic E-state index is 0.0724. The van der Waals surface area contributed by atoms with Crippen LogP contribution in [0.1, 0.15) is 22.0 Å². The summed E-state index contributed by atoms with van der Waals surface area (Å²) in [7, 11) is 0. The highest BCUT2D eigenvalue weighted by atomic mass is 16.5. The molecule has 110 valence electrons. The number of hydrogen-bond acceptors (Lipinski definition) is 6. The second-order valence-electron chi connectivity index (χ2n) is 4.64. The number of rotatable bonds is 3. The van der Waals surface area contributed by atoms with Gasteiger partial charge in [0.1, 0.15) is 30.5 Å². The standard InChI is InChI=1S/C13H16O7/c14-5-8-9(15)10(16)11(17)12(20-8)6-3-1-2-4-7(6)13(18)19/h1-4,8-12,14-17H,5H2,(H,18,19)/t8-,9-,10+,11-,12-/m1/s1. The van der Waals surface area contributed by atoms with Crippen LogP contribution in [-0.2, 0) is 4.74 Å². The summed E-state index contributed by atoms with van der Waals surface area (Å²) in [6.45, 7) is -0.559. The minimum atomic E-state index is -1.53. The Morgan fingerprint density at radius 3 is 2.35 bits per heavy atom. The van der Waals surface area contributed by atoms with Gasteiger partial charge < -0.3 is 30.3 Å². The molecule has 1 saturated heterocycles. The lowest BCUT2D eigenvalue weighted by molar-refractivity contribution is -0.231. The quantitative estimate of drug-likeness (QED) is 0.476. The van der Waals surface area contributed by atoms with Gasteiger partial charge in [-0.05, 0) is 11.6 Å². The van der Waals surface area contributed by atoms with Gasteiger partial charge in [0.15, 0.2) is 0 Å². The van der Waals surface area contributed by atoms with Gasteiger partial charge in [0.25, 0.3) is 0 Å². The van der Waals surface area contributed by atoms with Crippen LogP contribution in [0.25, 0.3) is 0 Å². The molecule has 0 spiro atoms. The Kier molecular flexibility index (Phi) is 4.36. The van der Waals surface area contributed by atoms with Gasteiger partial charge in [-0.3, -0.25) is 0 Å². The van der Waals surface area contributed by atoms with E-state index in [2.05, 4.69) is 0 Å². The number of benzene rings is 1. The van der Waals surface area contributed by atoms with Gasteiger partial charge >= 0.3 is 5.97 Å². The molecule has 1 heterocycles. The summed E-state index contributed by atoms with van der Waals surface area (Å²) in [6.07, 6.45) is -6.71. The van der Waals surface area contributed by atoms with E-state index in [4.69, 9.17) is 14.9 Å². The number of hydrogen-bond donors (Lipinski definition) is 5. The molecule has 1 aliphatic rings. The van der Waals surface area contributed by atoms with Crippen LogP contribution >= 0.6 is 0 Å². The van der Waals surface area contributed by atoms with Gasteiger partial charge in [0.2, 0.25) is 0 Å². The van der Waals surface area contributed by atoms with E-state index >= 15 is 0 Å². The first-order valence-electron chi connectivity index (χ1n) is 6.10. The minimum Gasteiger partial charge on any atom is -0.478 e. The highest BCUT2D eigenvalue weighted by Crippen LogP contribution is 2.33. The molecule has 1 fully saturated rings. The summed E-state index contributed by atoms with van der Waals surface area (Å²) in [4.78, 5) is 11.2. The largest absolute Gasteiger partial charge is 0.478 e. The van der Waals surface area contributed by atoms with Crippen LogP contribution in [0.15, 0.2) is 24.3 Å². The normalized spacial score (nSPS) is 33.9. The Balaban J connectivity index is 2.39. The first-order chi connectivity index (χ1) is 9.47. The molecule has 5 atom stereocenters. The molecule has 0 aliphatic carbocycles. The van der Waals surface area contributed by atoms with Crippen LogP contribution in [0.4, 0.5) is 0 Å². The molecule has 0 aromatic heterocycles. The first kappa shape index (κ1) is 14.9. The maximum absolute atomic E-state index is 11.2. The van der Waals surface area contributed by atoms with Crippen molar-refractivity contribution in [2.45, 2.75) is 30.5 Å². The zero-order valence-corrected chi connectivity index (χ0v) is 10.5. The Morgan fingerprint density at radius 2 is 1.75 bits per heavy atom. The zero-order valence-electron chi connectivity index (χ0n) is 10.5. The maximum Gasteiger partial charge on any atom is 0.336 e. The Morgan fingerprint density at radius 1 is 1.10 bits per heavy atom. The molecule has 5 N–H and O–H groups in total. The fraction of sp³-hybridized carbons (Fsp3) is 0.462. The molecule has 2 rings (SSSR count). The van der Waals surface area contributed by atoms with E-state index in [1.165, 1.54) is 18.2 Å². The summed E-state index contributed by atoms with van der Waals surface area (Å²) in [5.74, 6) is -1.20. The van der Waals surface area contributed by atoms with Gasteiger partial charge in [0.05, 0.1) is 12.2 Å². The number of aromatic carboxylic acids is 1. The van der Waals surface area contributed by atoms with E-state index in [1.54, 1.807) is 6.07 Å². The lowest BCUT2D eigenvalue weighted by Crippen LogP contribution is -2.55. The highest BCUT2D eigenvalue weighted by Gasteiger charge is 2.44. The molecule has 0 saturated carbocycles. The number of aliphatic hydroxyl groups is 4. The fourth-order valence-electron chi connectivity index (χ4n) is 2.30. The predicted molar refractivity (Wildman–Crippen MR) is 66.1 cm³/mol. The lowest BCUT2D eigenvalue weighted by atomic mass is 9.89. The third kappa shape index (κ3) is 2.54. The van der Waals surface area contributed by atoms with Crippen molar-refractivity contribution >= 4 is 5.97 Å². The van der Waals surface area contributed by atoms with E-state index < -0.39 is 43.1 Å². The molecule has 1 aromatic carbocycles. The average molecular weight is 284 g/mol. The molecule has 7 nitrogen and oxygen atoms in total. The molecule has 1 aromatic rings. The fourth-order valence-corrected chi connectivity index (χ4v) is 2.30. The van der Waals surface area contributed by atoms with Gasteiger partial charge in [-0.15, -0.1) is 0 Å². The summed E-state index contributed by atoms with van der Waals surface area (Å²) in [6, 6.07) is 5.90. The summed E-state index contributed by atoms with van der Waals surface area (Å²) in [5, 5.41) is 47.6. The average Bonchev–Trinajstić information content (AvgIpc) is 2.45. The molecule has 20 heavy (non-hydrogen) atoms. The van der Waals surface area contributed by atoms with Crippen molar-refractivity contribution in [1.29, 1.82) is 0 Å². The second-order valence-corrected chi connectivity index (χ2v) is 4.64. The summed E-state index contributed by atoms with van der Waals surface area (Å²) < 4.78 is 5.33. The lowest BCUT2D eigenvalue weighted by Gasteiger charge is -2.40. The van der Waals surface area contributed by atoms with Crippen molar-refractivity contribution in [2.75, 3.05) is 6.61 Å². The van der Waals surface area contributed by atoms with Crippen molar-refractivity contribution in [2.24, 2.45) is 0 Å². The second kappa shape index (κ2) is 5.86. The molecule has 0 radical (unpaired) electrons. The van der Waals surface area contributed by atoms with E-state index in [9.17, 15) is 20.1 Å². The first-order valence-corrected chi connectivity index (χ1v) is 6.10. The van der Waals surface area contributed by atoms with Crippen LogP contribution in [-0.4, -0.2) is 62.5 Å². The van der Waals surface area contributed by atoms with E-state index in [1.807, 2.05) is 0 Å². The highest BCUT2D eigenvalue weighted by molar-refractivity contribution is 5.89. The molecule has 0 unspecified atom stereocenters. The van der Waals surface area contributed by atoms with Gasteiger partial charge in [-0.1, -0.05) is 18.2 Å². The summed E-state index contributed by atoms with van der Waals surface area (Å²) >= 11 is 0. The van der Waals surface area contributed by atoms with Crippen molar-refractivity contribution in [3.05, 3.63) is 35.4 Å². The van der Waals surface area contributed by atoms with Gasteiger partial charge in [0, 0.05) is 0 Å². The van der Waals surface area contributed by atoms with Crippen molar-refractivity contribution < 1.29 is 35.1 Å². The number of carboxylic acid groups (broad SMARTS) is 1. The Bertz CT molecular complexity index is 487. The Hall–Kier alpha value is -1.51. The van der Waals surface area contributed by atoms with Gasteiger partial charge in [-0.2, -0.15) is 0 Å². The predicted octanol–water partition coefficient (Wildman–Crippen LogP) is -1.10. The molecule has 0 amide bonds. The smallest absolute Gasteiger partial charge is 0.336 e. The van der Waals surface area contributed by atoms with Crippen molar-refractivity contribution in [3.63, 3.8) is 0 Å². The van der Waals surface area contributed by atoms with Gasteiger partial charge in [-0.25, -0.2) is 4.79 Å². The molecular weight excluding hydrogens is 268 g/mol. The number of carbonyl (C=O) groups is 1. The van der Waals surface area contributed by atoms with Crippen LogP contribution in [0.2, 0.25) is 0 Å². The zero-order chi connectivity index (χ0) is 14.9. The van der Waals surface area contributed by atoms with Crippen LogP contribution in [0.3, 0.4) is 0 Å². The Labute approximate surface area is 114 Å². The number of ether oxygens (including phenoxy) is 1. The third-order valence-corrected chi connectivity index (χ3v) is 3.39. The van der Waals surface area contributed by atoms with E-state index in [0.29, 0.717) is 0 Å². The summed E-state index contributed by atoms with van der Waals surface area (Å²) in [5.41, 5.74) is 0.105. The SMILES string of the molecule is O=C(O)c1ccccc1[C@H]1O[C@H](CO)[C@@H](O)[C@H](O)[C@H]1O. The van der Waals surface area contributed by atoms with E-state index in [0.717, 1.165) is 0 Å². The molecule has 7 heteroatoms. The maximum atomic E-state index is 11.2. The number of aliphatic hydroxyl groups excluding tert-OH is 4. The number of carboxylic acids is 1. The van der Waals surface area contributed by atoms with Crippen LogP contribution < -0.4 is 0 Å². The van der Waals surface area contributed by atoms with Crippen molar-refractivity contribution in [3.8, 4) is 0 Å². The molecule has 0 bridgehead atoms. The monoisotopic (exact) mass is 284 g/mol. The third-order valence-electron chi connectivity index (χ3n) is 3.39. The van der Waals surface area contributed by atoms with Crippen molar-refractivity contribution in [1.82, 2.24) is 0 Å². The topological polar surface area (TPSA) is 127 Å². The van der Waals surface area contributed by atoms with Crippen LogP contribution in [0, 0.1) is 0 Å².